The van der Waals surface area contributed by atoms with Crippen LogP contribution in [0.5, 0.6) is 0 Å². The highest BCUT2D eigenvalue weighted by molar-refractivity contribution is 5.79. The van der Waals surface area contributed by atoms with Gasteiger partial charge in [0.05, 0.1) is 13.2 Å². The largest absolute Gasteiger partial charge is 0.375 e. The summed E-state index contributed by atoms with van der Waals surface area (Å²) in [6.07, 6.45) is 0. The van der Waals surface area contributed by atoms with Crippen LogP contribution in [0.3, 0.4) is 0 Å². The SMILES string of the molecule is CN=C(NC(C)COCc1ccccc1)N(C)C. The van der Waals surface area contributed by atoms with Crippen molar-refractivity contribution in [2.45, 2.75) is 19.6 Å². The van der Waals surface area contributed by atoms with Gasteiger partial charge in [-0.1, -0.05) is 30.3 Å². The highest BCUT2D eigenvalue weighted by Crippen LogP contribution is 2.00. The van der Waals surface area contributed by atoms with E-state index < -0.39 is 0 Å². The monoisotopic (exact) mass is 249 g/mol. The Kier molecular flexibility index (Phi) is 6.22. The van der Waals surface area contributed by atoms with E-state index in [1.165, 1.54) is 5.56 Å². The van der Waals surface area contributed by atoms with Crippen LogP contribution in [-0.2, 0) is 11.3 Å². The van der Waals surface area contributed by atoms with Gasteiger partial charge in [0, 0.05) is 27.2 Å². The number of aliphatic imine (C=N–C) groups is 1. The summed E-state index contributed by atoms with van der Waals surface area (Å²) in [5.74, 6) is 0.866. The Labute approximate surface area is 110 Å². The van der Waals surface area contributed by atoms with Crippen molar-refractivity contribution in [1.82, 2.24) is 10.2 Å². The summed E-state index contributed by atoms with van der Waals surface area (Å²) in [4.78, 5) is 6.12. The van der Waals surface area contributed by atoms with Crippen molar-refractivity contribution in [1.29, 1.82) is 0 Å². The molecule has 18 heavy (non-hydrogen) atoms. The van der Waals surface area contributed by atoms with Crippen LogP contribution in [0.4, 0.5) is 0 Å². The van der Waals surface area contributed by atoms with E-state index in [2.05, 4.69) is 29.4 Å². The second-order valence-corrected chi connectivity index (χ2v) is 4.49. The van der Waals surface area contributed by atoms with Gasteiger partial charge in [0.2, 0.25) is 0 Å². The van der Waals surface area contributed by atoms with Gasteiger partial charge >= 0.3 is 0 Å². The van der Waals surface area contributed by atoms with E-state index in [4.69, 9.17) is 4.74 Å². The summed E-state index contributed by atoms with van der Waals surface area (Å²) in [5, 5.41) is 3.30. The smallest absolute Gasteiger partial charge is 0.193 e. The number of ether oxygens (including phenoxy) is 1. The minimum atomic E-state index is 0.231. The van der Waals surface area contributed by atoms with Crippen molar-refractivity contribution in [3.8, 4) is 0 Å². The Bertz CT molecular complexity index is 363. The molecule has 0 bridgehead atoms. The molecule has 1 atom stereocenters. The highest BCUT2D eigenvalue weighted by Gasteiger charge is 2.06. The van der Waals surface area contributed by atoms with E-state index in [1.807, 2.05) is 37.2 Å². The third kappa shape index (κ3) is 5.19. The molecule has 0 fully saturated rings. The Morgan fingerprint density at radius 2 is 2.00 bits per heavy atom. The molecule has 0 heterocycles. The molecule has 1 aromatic rings. The molecule has 0 saturated heterocycles. The van der Waals surface area contributed by atoms with Crippen LogP contribution in [0.25, 0.3) is 0 Å². The zero-order valence-electron chi connectivity index (χ0n) is 11.7. The van der Waals surface area contributed by atoms with Gasteiger partial charge in [-0.3, -0.25) is 4.99 Å². The second-order valence-electron chi connectivity index (χ2n) is 4.49. The lowest BCUT2D eigenvalue weighted by molar-refractivity contribution is 0.106. The van der Waals surface area contributed by atoms with Crippen molar-refractivity contribution < 1.29 is 4.74 Å². The normalized spacial score (nSPS) is 13.2. The molecular weight excluding hydrogens is 226 g/mol. The lowest BCUT2D eigenvalue weighted by Gasteiger charge is -2.21. The number of hydrogen-bond acceptors (Lipinski definition) is 2. The minimum absolute atomic E-state index is 0.231. The van der Waals surface area contributed by atoms with Gasteiger partial charge in [-0.15, -0.1) is 0 Å². The number of benzene rings is 1. The van der Waals surface area contributed by atoms with Crippen LogP contribution in [0.2, 0.25) is 0 Å². The van der Waals surface area contributed by atoms with Crippen LogP contribution in [0.15, 0.2) is 35.3 Å². The first-order valence-electron chi connectivity index (χ1n) is 6.15. The Morgan fingerprint density at radius 1 is 1.33 bits per heavy atom. The van der Waals surface area contributed by atoms with Gasteiger partial charge in [0.25, 0.3) is 0 Å². The molecule has 0 spiro atoms. The van der Waals surface area contributed by atoms with E-state index in [-0.39, 0.29) is 6.04 Å². The summed E-state index contributed by atoms with van der Waals surface area (Å²) in [7, 11) is 5.71. The van der Waals surface area contributed by atoms with Crippen LogP contribution in [-0.4, -0.2) is 44.7 Å². The summed E-state index contributed by atoms with van der Waals surface area (Å²) in [6.45, 7) is 3.38. The first-order valence-corrected chi connectivity index (χ1v) is 6.15. The van der Waals surface area contributed by atoms with E-state index in [1.54, 1.807) is 7.05 Å². The number of nitrogens with zero attached hydrogens (tertiary/aromatic N) is 2. The van der Waals surface area contributed by atoms with Crippen molar-refractivity contribution in [3.63, 3.8) is 0 Å². The summed E-state index contributed by atoms with van der Waals surface area (Å²) in [5.41, 5.74) is 1.20. The maximum atomic E-state index is 5.67. The molecule has 0 radical (unpaired) electrons. The summed E-state index contributed by atoms with van der Waals surface area (Å²) >= 11 is 0. The lowest BCUT2D eigenvalue weighted by atomic mass is 10.2. The average Bonchev–Trinajstić information content (AvgIpc) is 2.37. The predicted octanol–water partition coefficient (Wildman–Crippen LogP) is 1.73. The Morgan fingerprint density at radius 3 is 2.56 bits per heavy atom. The molecule has 100 valence electrons. The Balaban J connectivity index is 2.27. The fraction of sp³-hybridized carbons (Fsp3) is 0.500. The van der Waals surface area contributed by atoms with Crippen molar-refractivity contribution in [2.24, 2.45) is 4.99 Å². The molecule has 0 aromatic heterocycles. The van der Waals surface area contributed by atoms with Crippen molar-refractivity contribution in [3.05, 3.63) is 35.9 Å². The van der Waals surface area contributed by atoms with E-state index in [0.29, 0.717) is 13.2 Å². The first kappa shape index (κ1) is 14.5. The molecule has 4 nitrogen and oxygen atoms in total. The maximum absolute atomic E-state index is 5.67. The zero-order chi connectivity index (χ0) is 13.4. The molecular formula is C14H23N3O. The fourth-order valence-corrected chi connectivity index (χ4v) is 1.58. The summed E-state index contributed by atoms with van der Waals surface area (Å²) < 4.78 is 5.67. The number of hydrogen-bond donors (Lipinski definition) is 1. The molecule has 4 heteroatoms. The van der Waals surface area contributed by atoms with Crippen LogP contribution in [0, 0.1) is 0 Å². The number of nitrogens with one attached hydrogen (secondary N) is 1. The fourth-order valence-electron chi connectivity index (χ4n) is 1.58. The molecule has 0 aliphatic rings. The summed E-state index contributed by atoms with van der Waals surface area (Å²) in [6, 6.07) is 10.4. The predicted molar refractivity (Wildman–Crippen MR) is 75.7 cm³/mol. The highest BCUT2D eigenvalue weighted by atomic mass is 16.5. The van der Waals surface area contributed by atoms with Gasteiger partial charge in [-0.05, 0) is 12.5 Å². The molecule has 0 saturated carbocycles. The van der Waals surface area contributed by atoms with Gasteiger partial charge < -0.3 is 15.0 Å². The number of rotatable bonds is 5. The van der Waals surface area contributed by atoms with Crippen LogP contribution in [0.1, 0.15) is 12.5 Å². The molecule has 0 aliphatic carbocycles. The molecule has 1 N–H and O–H groups in total. The maximum Gasteiger partial charge on any atom is 0.193 e. The van der Waals surface area contributed by atoms with E-state index in [0.717, 1.165) is 5.96 Å². The van der Waals surface area contributed by atoms with Gasteiger partial charge in [0.15, 0.2) is 5.96 Å². The second kappa shape index (κ2) is 7.71. The van der Waals surface area contributed by atoms with Crippen molar-refractivity contribution in [2.75, 3.05) is 27.7 Å². The van der Waals surface area contributed by atoms with Gasteiger partial charge in [-0.25, -0.2) is 0 Å². The third-order valence-electron chi connectivity index (χ3n) is 2.49. The van der Waals surface area contributed by atoms with Crippen LogP contribution >= 0.6 is 0 Å². The quantitative estimate of drug-likeness (QED) is 0.638. The number of guanidine groups is 1. The van der Waals surface area contributed by atoms with Gasteiger partial charge in [0.1, 0.15) is 0 Å². The molecule has 1 rings (SSSR count). The van der Waals surface area contributed by atoms with E-state index >= 15 is 0 Å². The molecule has 1 unspecified atom stereocenters. The van der Waals surface area contributed by atoms with Gasteiger partial charge in [-0.2, -0.15) is 0 Å². The third-order valence-corrected chi connectivity index (χ3v) is 2.49. The first-order chi connectivity index (χ1) is 8.63. The topological polar surface area (TPSA) is 36.9 Å². The molecule has 1 aromatic carbocycles. The standard InChI is InChI=1S/C14H23N3O/c1-12(16-14(15-2)17(3)4)10-18-11-13-8-6-5-7-9-13/h5-9,12H,10-11H2,1-4H3,(H,15,16). The van der Waals surface area contributed by atoms with Crippen LogP contribution < -0.4 is 5.32 Å². The zero-order valence-corrected chi connectivity index (χ0v) is 11.7. The minimum Gasteiger partial charge on any atom is -0.375 e. The Hall–Kier alpha value is -1.55. The molecule has 0 amide bonds. The average molecular weight is 249 g/mol. The lowest BCUT2D eigenvalue weighted by Crippen LogP contribution is -2.43. The van der Waals surface area contributed by atoms with E-state index in [9.17, 15) is 0 Å². The molecule has 0 aliphatic heterocycles. The van der Waals surface area contributed by atoms with Crippen molar-refractivity contribution >= 4 is 5.96 Å².